The van der Waals surface area contributed by atoms with Crippen LogP contribution in [-0.2, 0) is 32.2 Å². The van der Waals surface area contributed by atoms with Crippen LogP contribution in [0.1, 0.15) is 17.4 Å². The molecule has 4 heterocycles. The Hall–Kier alpha value is -2.64. The van der Waals surface area contributed by atoms with Gasteiger partial charge in [0.1, 0.15) is 24.4 Å². The number of imidazole rings is 1. The van der Waals surface area contributed by atoms with Crippen molar-refractivity contribution in [3.63, 3.8) is 0 Å². The summed E-state index contributed by atoms with van der Waals surface area (Å²) in [6, 6.07) is 17.8. The third-order valence-corrected chi connectivity index (χ3v) is 7.23. The van der Waals surface area contributed by atoms with E-state index < -0.39 is 24.0 Å². The molecule has 2 bridgehead atoms. The molecule has 0 aliphatic carbocycles. The van der Waals surface area contributed by atoms with Crippen molar-refractivity contribution in [3.05, 3.63) is 81.8 Å². The van der Waals surface area contributed by atoms with Gasteiger partial charge in [-0.15, -0.1) is 0 Å². The first kappa shape index (κ1) is 24.7. The number of rotatable bonds is 9. The second-order valence-corrected chi connectivity index (χ2v) is 10.2. The molecule has 192 valence electrons. The van der Waals surface area contributed by atoms with Gasteiger partial charge in [0.25, 0.3) is 0 Å². The third-order valence-electron chi connectivity index (χ3n) is 6.57. The predicted octanol–water partition coefficient (Wildman–Crippen LogP) is 4.60. The number of aromatic nitrogens is 4. The Morgan fingerprint density at radius 3 is 2.81 bits per heavy atom. The molecular formula is C25H23BrClN5O5. The Morgan fingerprint density at radius 2 is 2.00 bits per heavy atom. The molecule has 0 unspecified atom stereocenters. The SMILES string of the molecule is OOC[C@@]12CO[C@@H]([C@H](n3cnc4c(NCc5cccc(Br)c5)nc(Cl)nc43)O1)[C@@H]2OCc1ccccc1. The molecule has 10 nitrogen and oxygen atoms in total. The molecule has 2 saturated heterocycles. The van der Waals surface area contributed by atoms with Gasteiger partial charge in [0.05, 0.1) is 19.5 Å². The largest absolute Gasteiger partial charge is 0.367 e. The lowest BCUT2D eigenvalue weighted by atomic mass is 10.00. The molecule has 2 aliphatic rings. The van der Waals surface area contributed by atoms with Crippen molar-refractivity contribution in [2.24, 2.45) is 0 Å². The van der Waals surface area contributed by atoms with Gasteiger partial charge in [-0.3, -0.25) is 9.82 Å². The highest BCUT2D eigenvalue weighted by atomic mass is 79.9. The molecule has 0 radical (unpaired) electrons. The predicted molar refractivity (Wildman–Crippen MR) is 138 cm³/mol. The quantitative estimate of drug-likeness (QED) is 0.165. The van der Waals surface area contributed by atoms with E-state index in [4.69, 9.17) is 25.8 Å². The first-order valence-corrected chi connectivity index (χ1v) is 12.8. The monoisotopic (exact) mass is 587 g/mol. The van der Waals surface area contributed by atoms with Gasteiger partial charge >= 0.3 is 0 Å². The van der Waals surface area contributed by atoms with E-state index in [1.165, 1.54) is 0 Å². The van der Waals surface area contributed by atoms with Gasteiger partial charge in [-0.1, -0.05) is 58.4 Å². The summed E-state index contributed by atoms with van der Waals surface area (Å²) in [7, 11) is 0. The van der Waals surface area contributed by atoms with Gasteiger partial charge in [0.15, 0.2) is 23.2 Å². The summed E-state index contributed by atoms with van der Waals surface area (Å²) in [6.07, 6.45) is 0.0200. The zero-order valence-corrected chi connectivity index (χ0v) is 21.8. The van der Waals surface area contributed by atoms with Gasteiger partial charge in [0, 0.05) is 11.0 Å². The normalized spacial score (nSPS) is 24.7. The van der Waals surface area contributed by atoms with E-state index in [9.17, 15) is 5.26 Å². The van der Waals surface area contributed by atoms with E-state index in [0.29, 0.717) is 30.1 Å². The highest BCUT2D eigenvalue weighted by Gasteiger charge is 2.63. The van der Waals surface area contributed by atoms with Crippen molar-refractivity contribution in [3.8, 4) is 0 Å². The molecule has 0 spiro atoms. The lowest BCUT2D eigenvalue weighted by Gasteiger charge is -2.30. The van der Waals surface area contributed by atoms with Gasteiger partial charge in [-0.2, -0.15) is 9.97 Å². The minimum Gasteiger partial charge on any atom is -0.367 e. The van der Waals surface area contributed by atoms with Crippen LogP contribution in [0.15, 0.2) is 65.4 Å². The molecule has 2 N–H and O–H groups in total. The van der Waals surface area contributed by atoms with Crippen LogP contribution < -0.4 is 5.32 Å². The van der Waals surface area contributed by atoms with E-state index in [2.05, 4.69) is 41.1 Å². The number of fused-ring (bicyclic) bond motifs is 3. The van der Waals surface area contributed by atoms with Crippen molar-refractivity contribution < 1.29 is 24.4 Å². The molecule has 37 heavy (non-hydrogen) atoms. The topological polar surface area (TPSA) is 113 Å². The second kappa shape index (κ2) is 10.3. The van der Waals surface area contributed by atoms with E-state index in [-0.39, 0.29) is 18.5 Å². The maximum Gasteiger partial charge on any atom is 0.226 e. The minimum atomic E-state index is -0.992. The van der Waals surface area contributed by atoms with Gasteiger partial charge in [0.2, 0.25) is 5.28 Å². The van der Waals surface area contributed by atoms with Crippen LogP contribution in [0.5, 0.6) is 0 Å². The number of nitrogens with one attached hydrogen (secondary N) is 1. The Kier molecular flexibility index (Phi) is 6.84. The Bertz CT molecular complexity index is 1410. The number of halogens is 2. The zero-order valence-electron chi connectivity index (χ0n) is 19.5. The maximum absolute atomic E-state index is 9.32. The van der Waals surface area contributed by atoms with Crippen molar-refractivity contribution in [1.29, 1.82) is 0 Å². The molecule has 2 aromatic heterocycles. The number of hydrogen-bond acceptors (Lipinski definition) is 9. The van der Waals surface area contributed by atoms with E-state index in [1.807, 2.05) is 54.6 Å². The first-order valence-electron chi connectivity index (χ1n) is 11.7. The summed E-state index contributed by atoms with van der Waals surface area (Å²) in [4.78, 5) is 17.9. The van der Waals surface area contributed by atoms with Crippen LogP contribution in [-0.4, -0.2) is 55.8 Å². The average Bonchev–Trinajstić information content (AvgIpc) is 3.56. The van der Waals surface area contributed by atoms with Crippen LogP contribution in [0.3, 0.4) is 0 Å². The Labute approximate surface area is 225 Å². The van der Waals surface area contributed by atoms with Gasteiger partial charge in [-0.05, 0) is 34.9 Å². The summed E-state index contributed by atoms with van der Waals surface area (Å²) >= 11 is 9.80. The van der Waals surface area contributed by atoms with Crippen LogP contribution >= 0.6 is 27.5 Å². The summed E-state index contributed by atoms with van der Waals surface area (Å²) in [5, 5.41) is 12.7. The molecule has 0 amide bonds. The molecular weight excluding hydrogens is 566 g/mol. The fraction of sp³-hybridized carbons (Fsp3) is 0.320. The third kappa shape index (κ3) is 4.72. The number of nitrogens with zero attached hydrogens (tertiary/aromatic N) is 4. The van der Waals surface area contributed by atoms with Gasteiger partial charge in [-0.25, -0.2) is 9.87 Å². The number of ether oxygens (including phenoxy) is 3. The van der Waals surface area contributed by atoms with Crippen molar-refractivity contribution in [2.45, 2.75) is 37.2 Å². The fourth-order valence-electron chi connectivity index (χ4n) is 4.87. The lowest BCUT2D eigenvalue weighted by molar-refractivity contribution is -0.295. The summed E-state index contributed by atoms with van der Waals surface area (Å²) in [6.45, 7) is 0.987. The Morgan fingerprint density at radius 1 is 1.16 bits per heavy atom. The molecule has 12 heteroatoms. The summed E-state index contributed by atoms with van der Waals surface area (Å²) in [5.41, 5.74) is 2.11. The first-order chi connectivity index (χ1) is 18.1. The van der Waals surface area contributed by atoms with Crippen LogP contribution in [0.2, 0.25) is 5.28 Å². The van der Waals surface area contributed by atoms with Crippen molar-refractivity contribution in [1.82, 2.24) is 19.5 Å². The highest BCUT2D eigenvalue weighted by Crippen LogP contribution is 2.47. The fourth-order valence-corrected chi connectivity index (χ4v) is 5.48. The minimum absolute atomic E-state index is 0.0698. The molecule has 4 atom stereocenters. The second-order valence-electron chi connectivity index (χ2n) is 8.99. The molecule has 2 aliphatic heterocycles. The smallest absolute Gasteiger partial charge is 0.226 e. The Balaban J connectivity index is 1.28. The molecule has 6 rings (SSSR count). The van der Waals surface area contributed by atoms with Crippen molar-refractivity contribution in [2.75, 3.05) is 18.5 Å². The highest BCUT2D eigenvalue weighted by molar-refractivity contribution is 9.10. The zero-order chi connectivity index (χ0) is 25.4. The molecule has 2 fully saturated rings. The maximum atomic E-state index is 9.32. The standard InChI is InChI=1S/C25H23BrClN5O5/c26-17-8-4-7-16(9-17)10-28-21-18-22(31-24(27)30-21)32(14-29-18)23-19-20(25(37-23,12-35-19)13-36-33)34-11-15-5-2-1-3-6-15/h1-9,14,19-20,23,33H,10-13H2,(H,28,30,31)/t19-,20+,23-,25-/m1/s1. The van der Waals surface area contributed by atoms with Gasteiger partial charge < -0.3 is 19.5 Å². The lowest BCUT2D eigenvalue weighted by Crippen LogP contribution is -2.46. The number of benzene rings is 2. The van der Waals surface area contributed by atoms with E-state index in [1.54, 1.807) is 10.9 Å². The number of hydrogen-bond donors (Lipinski definition) is 2. The van der Waals surface area contributed by atoms with Crippen LogP contribution in [0.4, 0.5) is 5.82 Å². The summed E-state index contributed by atoms with van der Waals surface area (Å²) in [5.74, 6) is 0.503. The number of anilines is 1. The van der Waals surface area contributed by atoms with Crippen molar-refractivity contribution >= 4 is 44.5 Å². The molecule has 2 aromatic carbocycles. The van der Waals surface area contributed by atoms with E-state index in [0.717, 1.165) is 15.6 Å². The summed E-state index contributed by atoms with van der Waals surface area (Å²) < 4.78 is 21.5. The average molecular weight is 589 g/mol. The molecule has 0 saturated carbocycles. The van der Waals surface area contributed by atoms with E-state index >= 15 is 0 Å². The van der Waals surface area contributed by atoms with Crippen LogP contribution in [0.25, 0.3) is 11.2 Å². The molecule has 4 aromatic rings. The van der Waals surface area contributed by atoms with Crippen LogP contribution in [0, 0.1) is 0 Å².